The fraction of sp³-hybridized carbons (Fsp3) is 0.462. The first-order valence-corrected chi connectivity index (χ1v) is 7.77. The van der Waals surface area contributed by atoms with Gasteiger partial charge in [-0.3, -0.25) is 0 Å². The molecule has 1 heterocycles. The van der Waals surface area contributed by atoms with E-state index in [1.165, 1.54) is 35.6 Å². The molecule has 7 heteroatoms. The zero-order valence-corrected chi connectivity index (χ0v) is 12.1. The van der Waals surface area contributed by atoms with Crippen molar-refractivity contribution >= 4 is 10.0 Å². The second kappa shape index (κ2) is 6.33. The fourth-order valence-electron chi connectivity index (χ4n) is 2.00. The van der Waals surface area contributed by atoms with Gasteiger partial charge in [0.15, 0.2) is 0 Å². The van der Waals surface area contributed by atoms with Gasteiger partial charge in [0.2, 0.25) is 10.0 Å². The average molecular weight is 295 g/mol. The Morgan fingerprint density at radius 3 is 2.70 bits per heavy atom. The summed E-state index contributed by atoms with van der Waals surface area (Å²) >= 11 is 0. The molecule has 1 aliphatic rings. The van der Waals surface area contributed by atoms with E-state index in [2.05, 4.69) is 5.32 Å². The normalized spacial score (nSPS) is 19.8. The van der Waals surface area contributed by atoms with Crippen molar-refractivity contribution in [3.63, 3.8) is 0 Å². The maximum Gasteiger partial charge on any atom is 0.242 e. The predicted octanol–water partition coefficient (Wildman–Crippen LogP) is 0.167. The first-order chi connectivity index (χ1) is 9.54. The third-order valence-electron chi connectivity index (χ3n) is 3.16. The molecule has 1 aliphatic heterocycles. The van der Waals surface area contributed by atoms with E-state index in [1.807, 2.05) is 6.07 Å². The number of nitrogens with zero attached hydrogens (tertiary/aromatic N) is 2. The van der Waals surface area contributed by atoms with Gasteiger partial charge in [-0.25, -0.2) is 8.42 Å². The van der Waals surface area contributed by atoms with E-state index in [-0.39, 0.29) is 11.0 Å². The third kappa shape index (κ3) is 3.35. The molecule has 0 amide bonds. The molecule has 1 atom stereocenters. The molecule has 108 valence electrons. The van der Waals surface area contributed by atoms with Gasteiger partial charge in [0, 0.05) is 26.7 Å². The summed E-state index contributed by atoms with van der Waals surface area (Å²) in [5.74, 6) is 0. The second-order valence-corrected chi connectivity index (χ2v) is 6.66. The van der Waals surface area contributed by atoms with Gasteiger partial charge in [0.05, 0.1) is 29.2 Å². The highest BCUT2D eigenvalue weighted by Gasteiger charge is 2.25. The molecule has 0 aromatic heterocycles. The van der Waals surface area contributed by atoms with Crippen LogP contribution in [-0.4, -0.2) is 52.1 Å². The Balaban J connectivity index is 2.09. The van der Waals surface area contributed by atoms with Crippen molar-refractivity contribution in [1.82, 2.24) is 9.62 Å². The van der Waals surface area contributed by atoms with E-state index in [4.69, 9.17) is 10.00 Å². The van der Waals surface area contributed by atoms with E-state index in [0.29, 0.717) is 25.3 Å². The van der Waals surface area contributed by atoms with Crippen LogP contribution in [-0.2, 0) is 14.8 Å². The van der Waals surface area contributed by atoms with Gasteiger partial charge < -0.3 is 10.1 Å². The summed E-state index contributed by atoms with van der Waals surface area (Å²) < 4.78 is 31.5. The first-order valence-electron chi connectivity index (χ1n) is 6.33. The van der Waals surface area contributed by atoms with Crippen LogP contribution in [0.25, 0.3) is 0 Å². The van der Waals surface area contributed by atoms with Gasteiger partial charge in [-0.1, -0.05) is 0 Å². The molecule has 0 radical (unpaired) electrons. The minimum absolute atomic E-state index is 0.137. The van der Waals surface area contributed by atoms with Crippen LogP contribution in [0.4, 0.5) is 0 Å². The molecule has 1 aromatic rings. The monoisotopic (exact) mass is 295 g/mol. The van der Waals surface area contributed by atoms with Crippen molar-refractivity contribution in [1.29, 1.82) is 5.26 Å². The highest BCUT2D eigenvalue weighted by molar-refractivity contribution is 7.89. The zero-order chi connectivity index (χ0) is 14.6. The number of likely N-dealkylation sites (N-methyl/N-ethyl adjacent to an activating group) is 1. The molecule has 0 aliphatic carbocycles. The van der Waals surface area contributed by atoms with Crippen molar-refractivity contribution in [2.24, 2.45) is 0 Å². The highest BCUT2D eigenvalue weighted by Crippen LogP contribution is 2.16. The van der Waals surface area contributed by atoms with Crippen LogP contribution < -0.4 is 5.32 Å². The Bertz CT molecular complexity index is 586. The summed E-state index contributed by atoms with van der Waals surface area (Å²) in [5, 5.41) is 11.9. The third-order valence-corrected chi connectivity index (χ3v) is 4.99. The first kappa shape index (κ1) is 14.9. The number of sulfonamides is 1. The van der Waals surface area contributed by atoms with Crippen molar-refractivity contribution in [3.8, 4) is 6.07 Å². The Kier molecular flexibility index (Phi) is 4.73. The number of morpholine rings is 1. The molecule has 0 spiro atoms. The van der Waals surface area contributed by atoms with Crippen LogP contribution in [0.3, 0.4) is 0 Å². The van der Waals surface area contributed by atoms with Crippen molar-refractivity contribution in [2.45, 2.75) is 11.0 Å². The molecule has 1 fully saturated rings. The molecule has 0 saturated carbocycles. The van der Waals surface area contributed by atoms with Crippen LogP contribution in [0, 0.1) is 11.3 Å². The van der Waals surface area contributed by atoms with Crippen LogP contribution >= 0.6 is 0 Å². The maximum absolute atomic E-state index is 12.4. The summed E-state index contributed by atoms with van der Waals surface area (Å²) in [6.07, 6.45) is -0.137. The topological polar surface area (TPSA) is 82.4 Å². The minimum Gasteiger partial charge on any atom is -0.374 e. The standard InChI is InChI=1S/C13H17N3O3S/c1-16(10-12-9-15-6-7-19-12)20(17,18)13-4-2-11(8-14)3-5-13/h2-5,12,15H,6-7,9-10H2,1H3. The van der Waals surface area contributed by atoms with Gasteiger partial charge in [0.25, 0.3) is 0 Å². The summed E-state index contributed by atoms with van der Waals surface area (Å²) in [6.45, 7) is 2.33. The number of hydrogen-bond donors (Lipinski definition) is 1. The molecule has 1 N–H and O–H groups in total. The Morgan fingerprint density at radius 1 is 1.45 bits per heavy atom. The quantitative estimate of drug-likeness (QED) is 0.856. The van der Waals surface area contributed by atoms with Gasteiger partial charge in [-0.05, 0) is 24.3 Å². The van der Waals surface area contributed by atoms with Crippen molar-refractivity contribution in [3.05, 3.63) is 29.8 Å². The van der Waals surface area contributed by atoms with E-state index in [0.717, 1.165) is 6.54 Å². The molecule has 1 unspecified atom stereocenters. The molecule has 2 rings (SSSR count). The number of hydrogen-bond acceptors (Lipinski definition) is 5. The molecule has 0 bridgehead atoms. The van der Waals surface area contributed by atoms with E-state index >= 15 is 0 Å². The minimum atomic E-state index is -3.55. The van der Waals surface area contributed by atoms with Crippen LogP contribution in [0.15, 0.2) is 29.2 Å². The largest absolute Gasteiger partial charge is 0.374 e. The molecule has 1 saturated heterocycles. The zero-order valence-electron chi connectivity index (χ0n) is 11.2. The molecule has 20 heavy (non-hydrogen) atoms. The van der Waals surface area contributed by atoms with Gasteiger partial charge in [-0.15, -0.1) is 0 Å². The van der Waals surface area contributed by atoms with Gasteiger partial charge in [-0.2, -0.15) is 9.57 Å². The van der Waals surface area contributed by atoms with Crippen LogP contribution in [0.5, 0.6) is 0 Å². The summed E-state index contributed by atoms with van der Waals surface area (Å²) in [7, 11) is -2.01. The summed E-state index contributed by atoms with van der Waals surface area (Å²) in [5.41, 5.74) is 0.436. The molecular formula is C13H17N3O3S. The van der Waals surface area contributed by atoms with Crippen LogP contribution in [0.1, 0.15) is 5.56 Å². The lowest BCUT2D eigenvalue weighted by molar-refractivity contribution is 0.0206. The fourth-order valence-corrected chi connectivity index (χ4v) is 3.21. The lowest BCUT2D eigenvalue weighted by Gasteiger charge is -2.27. The number of ether oxygens (including phenoxy) is 1. The van der Waals surface area contributed by atoms with Gasteiger partial charge >= 0.3 is 0 Å². The van der Waals surface area contributed by atoms with E-state index < -0.39 is 10.0 Å². The Morgan fingerprint density at radius 2 is 2.15 bits per heavy atom. The van der Waals surface area contributed by atoms with E-state index in [1.54, 1.807) is 0 Å². The number of nitriles is 1. The van der Waals surface area contributed by atoms with E-state index in [9.17, 15) is 8.42 Å². The second-order valence-electron chi connectivity index (χ2n) is 4.62. The number of benzene rings is 1. The number of nitrogens with one attached hydrogen (secondary N) is 1. The Labute approximate surface area is 119 Å². The Hall–Kier alpha value is -1.46. The molecule has 6 nitrogen and oxygen atoms in total. The molecule has 1 aromatic carbocycles. The van der Waals surface area contributed by atoms with Gasteiger partial charge in [0.1, 0.15) is 0 Å². The smallest absolute Gasteiger partial charge is 0.242 e. The summed E-state index contributed by atoms with van der Waals surface area (Å²) in [4.78, 5) is 0.183. The number of rotatable bonds is 4. The average Bonchev–Trinajstić information content (AvgIpc) is 2.48. The SMILES string of the molecule is CN(CC1CNCCO1)S(=O)(=O)c1ccc(C#N)cc1. The van der Waals surface area contributed by atoms with Crippen molar-refractivity contribution in [2.75, 3.05) is 33.3 Å². The maximum atomic E-state index is 12.4. The molecular weight excluding hydrogens is 278 g/mol. The lowest BCUT2D eigenvalue weighted by Crippen LogP contribution is -2.45. The predicted molar refractivity (Wildman–Crippen MR) is 73.6 cm³/mol. The van der Waals surface area contributed by atoms with Crippen LogP contribution in [0.2, 0.25) is 0 Å². The lowest BCUT2D eigenvalue weighted by atomic mass is 10.2. The summed E-state index contributed by atoms with van der Waals surface area (Å²) in [6, 6.07) is 7.86. The van der Waals surface area contributed by atoms with Crippen molar-refractivity contribution < 1.29 is 13.2 Å². The highest BCUT2D eigenvalue weighted by atomic mass is 32.2.